The van der Waals surface area contributed by atoms with Crippen molar-refractivity contribution in [2.45, 2.75) is 18.7 Å². The summed E-state index contributed by atoms with van der Waals surface area (Å²) in [6.45, 7) is 3.25. The Morgan fingerprint density at radius 1 is 0.905 bits per heavy atom. The summed E-state index contributed by atoms with van der Waals surface area (Å²) < 4.78 is 43.3. The number of ether oxygens (including phenoxy) is 2. The first kappa shape index (κ1) is 28.7. The molecular weight excluding hydrogens is 576 g/mol. The third-order valence-corrected chi connectivity index (χ3v) is 8.89. The van der Waals surface area contributed by atoms with Gasteiger partial charge in [-0.2, -0.15) is 0 Å². The Bertz CT molecular complexity index is 1850. The number of sulfonamides is 1. The number of aromatic nitrogens is 1. The lowest BCUT2D eigenvalue weighted by molar-refractivity contribution is 0.0703. The van der Waals surface area contributed by atoms with Crippen LogP contribution in [0.4, 0.5) is 10.5 Å². The van der Waals surface area contributed by atoms with Crippen LogP contribution in [0.2, 0.25) is 0 Å². The van der Waals surface area contributed by atoms with Crippen LogP contribution in [0.3, 0.4) is 0 Å². The first-order valence-electron chi connectivity index (χ1n) is 12.9. The molecule has 9 nitrogen and oxygen atoms in total. The van der Waals surface area contributed by atoms with Crippen molar-refractivity contribution in [3.05, 3.63) is 108 Å². The molecule has 0 saturated carbocycles. The van der Waals surface area contributed by atoms with E-state index >= 15 is 0 Å². The average molecular weight is 603 g/mol. The summed E-state index contributed by atoms with van der Waals surface area (Å²) in [5, 5.41) is 9.94. The number of carboxylic acids is 1. The number of rotatable bonds is 9. The third kappa shape index (κ3) is 5.65. The van der Waals surface area contributed by atoms with Gasteiger partial charge in [0.1, 0.15) is 4.88 Å². The number of carbonyl (C=O) groups is 2. The van der Waals surface area contributed by atoms with Crippen LogP contribution in [0.15, 0.2) is 102 Å². The largest absolute Gasteiger partial charge is 0.513 e. The molecule has 42 heavy (non-hydrogen) atoms. The second kappa shape index (κ2) is 11.9. The molecule has 0 aliphatic carbocycles. The van der Waals surface area contributed by atoms with Crippen LogP contribution < -0.4 is 9.46 Å². The maximum Gasteiger partial charge on any atom is 0.513 e. The molecule has 5 rings (SSSR count). The van der Waals surface area contributed by atoms with Crippen molar-refractivity contribution in [2.75, 3.05) is 11.3 Å². The number of para-hydroxylation sites is 1. The van der Waals surface area contributed by atoms with Crippen molar-refractivity contribution in [3.8, 4) is 33.1 Å². The fourth-order valence-corrected chi connectivity index (χ4v) is 7.04. The first-order chi connectivity index (χ1) is 20.2. The van der Waals surface area contributed by atoms with Gasteiger partial charge in [0, 0.05) is 16.1 Å². The number of nitrogens with one attached hydrogen (secondary N) is 1. The summed E-state index contributed by atoms with van der Waals surface area (Å²) >= 11 is 0.947. The molecule has 0 bridgehead atoms. The number of hydrogen-bond donors (Lipinski definition) is 2. The zero-order chi connectivity index (χ0) is 29.9. The topological polar surface area (TPSA) is 124 Å². The number of carboxylic acid groups (broad SMARTS) is 1. The van der Waals surface area contributed by atoms with Crippen LogP contribution in [-0.4, -0.2) is 36.8 Å². The maximum absolute atomic E-state index is 14.3. The van der Waals surface area contributed by atoms with E-state index in [0.717, 1.165) is 16.9 Å². The van der Waals surface area contributed by atoms with E-state index in [9.17, 15) is 23.1 Å². The minimum Gasteiger partial charge on any atom is -0.477 e. The van der Waals surface area contributed by atoms with Crippen LogP contribution >= 0.6 is 11.3 Å². The molecule has 0 radical (unpaired) electrons. The molecule has 11 heteroatoms. The van der Waals surface area contributed by atoms with Gasteiger partial charge in [0.05, 0.1) is 23.7 Å². The predicted molar refractivity (Wildman–Crippen MR) is 161 cm³/mol. The minimum atomic E-state index is -4.58. The maximum atomic E-state index is 14.3. The van der Waals surface area contributed by atoms with Crippen LogP contribution in [0.5, 0.6) is 5.75 Å². The Morgan fingerprint density at radius 3 is 2.05 bits per heavy atom. The van der Waals surface area contributed by atoms with Crippen LogP contribution in [0.1, 0.15) is 22.3 Å². The van der Waals surface area contributed by atoms with E-state index in [2.05, 4.69) is 4.72 Å². The van der Waals surface area contributed by atoms with E-state index in [0.29, 0.717) is 21.8 Å². The summed E-state index contributed by atoms with van der Waals surface area (Å²) in [7, 11) is -4.58. The summed E-state index contributed by atoms with van der Waals surface area (Å²) in [5.41, 5.74) is 2.31. The standard InChI is InChI=1S/C31H26N2O7S2/c1-3-39-31(36)40-27-20(2)33(23-17-11-6-12-18-23)26(22-15-9-5-10-16-22)29(27)42(37,38)32-24-19-25(41-28(24)30(34)35)21-13-7-4-8-14-21/h4-19,32H,3H2,1-2H3,(H,34,35). The molecule has 2 heterocycles. The zero-order valence-corrected chi connectivity index (χ0v) is 24.2. The van der Waals surface area contributed by atoms with E-state index in [1.165, 1.54) is 6.07 Å². The highest BCUT2D eigenvalue weighted by atomic mass is 32.2. The molecular formula is C31H26N2O7S2. The SMILES string of the molecule is CCOC(=O)Oc1c(S(=O)(=O)Nc2cc(-c3ccccc3)sc2C(=O)O)c(-c2ccccc2)n(-c2ccccc2)c1C. The van der Waals surface area contributed by atoms with Gasteiger partial charge in [0.15, 0.2) is 10.6 Å². The molecule has 0 unspecified atom stereocenters. The lowest BCUT2D eigenvalue weighted by Gasteiger charge is -2.14. The summed E-state index contributed by atoms with van der Waals surface area (Å²) in [4.78, 5) is 24.8. The van der Waals surface area contributed by atoms with E-state index in [4.69, 9.17) is 9.47 Å². The van der Waals surface area contributed by atoms with Crippen molar-refractivity contribution in [2.24, 2.45) is 0 Å². The Kier molecular flexibility index (Phi) is 8.14. The molecule has 0 aliphatic rings. The van der Waals surface area contributed by atoms with Gasteiger partial charge in [-0.05, 0) is 37.6 Å². The fourth-order valence-electron chi connectivity index (χ4n) is 4.57. The van der Waals surface area contributed by atoms with Gasteiger partial charge in [-0.3, -0.25) is 4.72 Å². The first-order valence-corrected chi connectivity index (χ1v) is 15.2. The molecule has 214 valence electrons. The van der Waals surface area contributed by atoms with Crippen molar-refractivity contribution in [1.82, 2.24) is 4.57 Å². The third-order valence-electron chi connectivity index (χ3n) is 6.32. The highest BCUT2D eigenvalue weighted by Gasteiger charge is 2.35. The Labute approximate surface area is 246 Å². The van der Waals surface area contributed by atoms with Crippen molar-refractivity contribution in [3.63, 3.8) is 0 Å². The second-order valence-electron chi connectivity index (χ2n) is 9.04. The van der Waals surface area contributed by atoms with Gasteiger partial charge in [0.2, 0.25) is 0 Å². The molecule has 0 amide bonds. The molecule has 5 aromatic rings. The van der Waals surface area contributed by atoms with E-state index in [-0.39, 0.29) is 33.5 Å². The fraction of sp³-hybridized carbons (Fsp3) is 0.0968. The zero-order valence-electron chi connectivity index (χ0n) is 22.6. The number of aromatic carboxylic acids is 1. The molecule has 2 N–H and O–H groups in total. The lowest BCUT2D eigenvalue weighted by Crippen LogP contribution is -2.18. The number of hydrogen-bond acceptors (Lipinski definition) is 7. The van der Waals surface area contributed by atoms with E-state index < -0.39 is 22.1 Å². The van der Waals surface area contributed by atoms with Crippen molar-refractivity contribution < 1.29 is 32.6 Å². The normalized spacial score (nSPS) is 11.2. The van der Waals surface area contributed by atoms with Gasteiger partial charge in [0.25, 0.3) is 10.0 Å². The number of benzene rings is 3. The summed E-state index contributed by atoms with van der Waals surface area (Å²) in [6.07, 6.45) is -1.07. The number of carbonyl (C=O) groups excluding carboxylic acids is 1. The molecule has 0 fully saturated rings. The Morgan fingerprint density at radius 2 is 1.48 bits per heavy atom. The van der Waals surface area contributed by atoms with Gasteiger partial charge < -0.3 is 19.1 Å². The van der Waals surface area contributed by atoms with Gasteiger partial charge in [-0.15, -0.1) is 11.3 Å². The number of thiophene rings is 1. The smallest absolute Gasteiger partial charge is 0.477 e. The number of anilines is 1. The van der Waals surface area contributed by atoms with Crippen molar-refractivity contribution in [1.29, 1.82) is 0 Å². The van der Waals surface area contributed by atoms with Gasteiger partial charge in [-0.25, -0.2) is 18.0 Å². The monoisotopic (exact) mass is 602 g/mol. The molecule has 0 atom stereocenters. The van der Waals surface area contributed by atoms with Crippen molar-refractivity contribution >= 4 is 39.2 Å². The van der Waals surface area contributed by atoms with Crippen LogP contribution in [0.25, 0.3) is 27.4 Å². The molecule has 3 aromatic carbocycles. The minimum absolute atomic E-state index is 0.0162. The van der Waals surface area contributed by atoms with Gasteiger partial charge >= 0.3 is 12.1 Å². The second-order valence-corrected chi connectivity index (χ2v) is 11.7. The summed E-state index contributed by atoms with van der Waals surface area (Å²) in [5.74, 6) is -1.52. The molecule has 2 aromatic heterocycles. The Balaban J connectivity index is 1.75. The highest BCUT2D eigenvalue weighted by Crippen LogP contribution is 2.44. The van der Waals surface area contributed by atoms with E-state index in [1.54, 1.807) is 97.3 Å². The Hall–Kier alpha value is -4.87. The quantitative estimate of drug-likeness (QED) is 0.171. The molecule has 0 saturated heterocycles. The predicted octanol–water partition coefficient (Wildman–Crippen LogP) is 7.22. The lowest BCUT2D eigenvalue weighted by atomic mass is 10.1. The molecule has 0 spiro atoms. The van der Waals surface area contributed by atoms with Gasteiger partial charge in [-0.1, -0.05) is 78.9 Å². The summed E-state index contributed by atoms with van der Waals surface area (Å²) in [6, 6.07) is 28.3. The van der Waals surface area contributed by atoms with Crippen LogP contribution in [0, 0.1) is 6.92 Å². The highest BCUT2D eigenvalue weighted by molar-refractivity contribution is 7.93. The van der Waals surface area contributed by atoms with Crippen LogP contribution in [-0.2, 0) is 14.8 Å². The average Bonchev–Trinajstić information content (AvgIpc) is 3.53. The van der Waals surface area contributed by atoms with E-state index in [1.807, 2.05) is 12.1 Å². The molecule has 0 aliphatic heterocycles. The number of nitrogens with zero attached hydrogens (tertiary/aromatic N) is 1.